The van der Waals surface area contributed by atoms with Gasteiger partial charge in [-0.15, -0.1) is 12.3 Å². The normalized spacial score (nSPS) is 17.2. The number of methoxy groups -OCH3 is 1. The van der Waals surface area contributed by atoms with Gasteiger partial charge in [0.15, 0.2) is 0 Å². The Hall–Kier alpha value is -1.74. The summed E-state index contributed by atoms with van der Waals surface area (Å²) in [5.41, 5.74) is 0.739. The van der Waals surface area contributed by atoms with Gasteiger partial charge in [0.2, 0.25) is 0 Å². The number of ether oxygens (including phenoxy) is 2. The maximum atomic E-state index is 10.2. The molecule has 1 heterocycles. The molecular weight excluding hydrogens is 316 g/mol. The largest absolute Gasteiger partial charge is 0.495 e. The van der Waals surface area contributed by atoms with Crippen LogP contribution in [0.1, 0.15) is 20.3 Å². The first kappa shape index (κ1) is 19.6. The van der Waals surface area contributed by atoms with E-state index in [4.69, 9.17) is 15.9 Å². The second-order valence-corrected chi connectivity index (χ2v) is 7.06. The highest BCUT2D eigenvalue weighted by atomic mass is 16.5. The van der Waals surface area contributed by atoms with E-state index in [1.54, 1.807) is 7.11 Å². The number of hydrogen-bond donors (Lipinski definition) is 1. The molecule has 5 heteroatoms. The Morgan fingerprint density at radius 2 is 1.92 bits per heavy atom. The van der Waals surface area contributed by atoms with Crippen LogP contribution in [-0.2, 0) is 4.74 Å². The lowest BCUT2D eigenvalue weighted by Crippen LogP contribution is -2.49. The Bertz CT molecular complexity index is 575. The highest BCUT2D eigenvalue weighted by molar-refractivity contribution is 5.58. The molecule has 1 saturated heterocycles. The van der Waals surface area contributed by atoms with Gasteiger partial charge < -0.3 is 19.5 Å². The third kappa shape index (κ3) is 5.93. The third-order valence-electron chi connectivity index (χ3n) is 4.46. The first-order chi connectivity index (χ1) is 11.9. The summed E-state index contributed by atoms with van der Waals surface area (Å²) in [6.07, 6.45) is 5.37. The standard InChI is InChI=1S/C20H30N2O3/c1-5-10-20(2,3)25-16-17(23)15-21-11-13-22(14-12-21)18-8-6-7-9-19(18)24-4/h1,6-9,17,23H,10-16H2,2-4H3/t17-/m1/s1. The Balaban J connectivity index is 1.78. The molecule has 1 atom stereocenters. The minimum absolute atomic E-state index is 0.307. The first-order valence-electron chi connectivity index (χ1n) is 8.81. The highest BCUT2D eigenvalue weighted by Crippen LogP contribution is 2.28. The smallest absolute Gasteiger partial charge is 0.142 e. The zero-order valence-corrected chi connectivity index (χ0v) is 15.6. The number of piperazine rings is 1. The van der Waals surface area contributed by atoms with Crippen molar-refractivity contribution in [1.82, 2.24) is 4.90 Å². The Kier molecular flexibility index (Phi) is 7.12. The number of para-hydroxylation sites is 2. The number of β-amino-alcohol motifs (C(OH)–C–C–N with tert-alkyl or cyclic N) is 1. The lowest BCUT2D eigenvalue weighted by molar-refractivity contribution is -0.0632. The van der Waals surface area contributed by atoms with Gasteiger partial charge in [-0.25, -0.2) is 0 Å². The van der Waals surface area contributed by atoms with Gasteiger partial charge in [0.1, 0.15) is 5.75 Å². The third-order valence-corrected chi connectivity index (χ3v) is 4.46. The number of terminal acetylenes is 1. The molecule has 0 unspecified atom stereocenters. The molecular formula is C20H30N2O3. The molecule has 1 N–H and O–H groups in total. The van der Waals surface area contributed by atoms with Crippen LogP contribution >= 0.6 is 0 Å². The molecule has 1 fully saturated rings. The van der Waals surface area contributed by atoms with Crippen molar-refractivity contribution in [2.24, 2.45) is 0 Å². The minimum atomic E-state index is -0.505. The summed E-state index contributed by atoms with van der Waals surface area (Å²) >= 11 is 0. The summed E-state index contributed by atoms with van der Waals surface area (Å²) in [6.45, 7) is 8.46. The molecule has 1 aliphatic rings. The van der Waals surface area contributed by atoms with Gasteiger partial charge in [0.05, 0.1) is 31.1 Å². The Labute approximate surface area is 151 Å². The van der Waals surface area contributed by atoms with E-state index in [0.29, 0.717) is 19.6 Å². The molecule has 0 radical (unpaired) electrons. The van der Waals surface area contributed by atoms with Crippen molar-refractivity contribution in [2.75, 3.05) is 51.3 Å². The van der Waals surface area contributed by atoms with Crippen LogP contribution in [0, 0.1) is 12.3 Å². The summed E-state index contributed by atoms with van der Waals surface area (Å²) < 4.78 is 11.2. The van der Waals surface area contributed by atoms with E-state index in [0.717, 1.165) is 37.6 Å². The number of benzene rings is 1. The number of nitrogens with zero attached hydrogens (tertiary/aromatic N) is 2. The van der Waals surface area contributed by atoms with Crippen LogP contribution in [0.5, 0.6) is 5.75 Å². The monoisotopic (exact) mass is 346 g/mol. The Morgan fingerprint density at radius 3 is 2.56 bits per heavy atom. The van der Waals surface area contributed by atoms with Gasteiger partial charge in [0, 0.05) is 39.1 Å². The quantitative estimate of drug-likeness (QED) is 0.730. The lowest BCUT2D eigenvalue weighted by atomic mass is 10.1. The molecule has 25 heavy (non-hydrogen) atoms. The van der Waals surface area contributed by atoms with Gasteiger partial charge in [0.25, 0.3) is 0 Å². The van der Waals surface area contributed by atoms with E-state index in [9.17, 15) is 5.11 Å². The first-order valence-corrected chi connectivity index (χ1v) is 8.81. The fourth-order valence-corrected chi connectivity index (χ4v) is 3.03. The van der Waals surface area contributed by atoms with E-state index in [2.05, 4.69) is 21.8 Å². The second kappa shape index (κ2) is 9.10. The van der Waals surface area contributed by atoms with Crippen LogP contribution < -0.4 is 9.64 Å². The molecule has 1 aromatic rings. The number of aliphatic hydroxyl groups excluding tert-OH is 1. The van der Waals surface area contributed by atoms with Crippen LogP contribution in [0.25, 0.3) is 0 Å². The van der Waals surface area contributed by atoms with E-state index in [-0.39, 0.29) is 0 Å². The van der Waals surface area contributed by atoms with Crippen molar-refractivity contribution >= 4 is 5.69 Å². The fraction of sp³-hybridized carbons (Fsp3) is 0.600. The second-order valence-electron chi connectivity index (χ2n) is 7.06. The van der Waals surface area contributed by atoms with Gasteiger partial charge >= 0.3 is 0 Å². The molecule has 0 aromatic heterocycles. The molecule has 1 aromatic carbocycles. The van der Waals surface area contributed by atoms with Crippen molar-refractivity contribution in [3.8, 4) is 18.1 Å². The summed E-state index contributed by atoms with van der Waals surface area (Å²) in [4.78, 5) is 4.60. The van der Waals surface area contributed by atoms with Crippen molar-refractivity contribution in [3.05, 3.63) is 24.3 Å². The van der Waals surface area contributed by atoms with Gasteiger partial charge in [-0.3, -0.25) is 4.90 Å². The summed E-state index contributed by atoms with van der Waals surface area (Å²) in [6, 6.07) is 8.09. The van der Waals surface area contributed by atoms with Crippen LogP contribution in [0.4, 0.5) is 5.69 Å². The van der Waals surface area contributed by atoms with Gasteiger partial charge in [-0.1, -0.05) is 12.1 Å². The van der Waals surface area contributed by atoms with Gasteiger partial charge in [-0.2, -0.15) is 0 Å². The summed E-state index contributed by atoms with van der Waals surface area (Å²) in [7, 11) is 1.70. The van der Waals surface area contributed by atoms with Crippen LogP contribution in [0.15, 0.2) is 24.3 Å². The zero-order valence-electron chi connectivity index (χ0n) is 15.6. The zero-order chi connectivity index (χ0) is 18.3. The average Bonchev–Trinajstić information content (AvgIpc) is 2.61. The molecule has 5 nitrogen and oxygen atoms in total. The predicted molar refractivity (Wildman–Crippen MR) is 101 cm³/mol. The van der Waals surface area contributed by atoms with Crippen LogP contribution in [0.2, 0.25) is 0 Å². The fourth-order valence-electron chi connectivity index (χ4n) is 3.03. The molecule has 2 rings (SSSR count). The lowest BCUT2D eigenvalue weighted by Gasteiger charge is -2.37. The van der Waals surface area contributed by atoms with E-state index >= 15 is 0 Å². The number of aliphatic hydroxyl groups is 1. The van der Waals surface area contributed by atoms with E-state index in [1.807, 2.05) is 32.0 Å². The molecule has 0 amide bonds. The molecule has 0 saturated carbocycles. The Morgan fingerprint density at radius 1 is 1.24 bits per heavy atom. The molecule has 0 bridgehead atoms. The molecule has 0 spiro atoms. The van der Waals surface area contributed by atoms with Crippen LogP contribution in [-0.4, -0.2) is 68.2 Å². The van der Waals surface area contributed by atoms with Crippen LogP contribution in [0.3, 0.4) is 0 Å². The summed E-state index contributed by atoms with van der Waals surface area (Å²) in [5, 5.41) is 10.2. The predicted octanol–water partition coefficient (Wildman–Crippen LogP) is 2.00. The molecule has 138 valence electrons. The van der Waals surface area contributed by atoms with Gasteiger partial charge in [-0.05, 0) is 26.0 Å². The SMILES string of the molecule is C#CCC(C)(C)OC[C@H](O)CN1CCN(c2ccccc2OC)CC1. The molecule has 1 aliphatic heterocycles. The van der Waals surface area contributed by atoms with Crippen molar-refractivity contribution < 1.29 is 14.6 Å². The molecule has 0 aliphatic carbocycles. The summed E-state index contributed by atoms with van der Waals surface area (Å²) in [5.74, 6) is 3.51. The van der Waals surface area contributed by atoms with E-state index < -0.39 is 11.7 Å². The average molecular weight is 346 g/mol. The number of rotatable bonds is 8. The topological polar surface area (TPSA) is 45.2 Å². The van der Waals surface area contributed by atoms with Crippen molar-refractivity contribution in [1.29, 1.82) is 0 Å². The van der Waals surface area contributed by atoms with Crippen molar-refractivity contribution in [2.45, 2.75) is 32.0 Å². The minimum Gasteiger partial charge on any atom is -0.495 e. The number of anilines is 1. The highest BCUT2D eigenvalue weighted by Gasteiger charge is 2.23. The maximum Gasteiger partial charge on any atom is 0.142 e. The maximum absolute atomic E-state index is 10.2. The van der Waals surface area contributed by atoms with E-state index in [1.165, 1.54) is 0 Å². The number of hydrogen-bond acceptors (Lipinski definition) is 5. The van der Waals surface area contributed by atoms with Crippen molar-refractivity contribution in [3.63, 3.8) is 0 Å².